The standard InChI is InChI=1S/C20H29N3O3S/c1-25-17-6-4-13(11-18(17)26-2)7-8-21-20(27)23-22-19(24)12-16-10-14-3-5-15(16)9-14/h4,6,11,14-16H,3,5,7-10,12H2,1-2H3,(H,22,24)(H2,21,23,27)/t14-,15+,16-/m0/s1. The van der Waals surface area contributed by atoms with E-state index >= 15 is 0 Å². The van der Waals surface area contributed by atoms with Crippen LogP contribution in [0.1, 0.15) is 37.7 Å². The Bertz CT molecular complexity index is 682. The van der Waals surface area contributed by atoms with E-state index in [4.69, 9.17) is 21.7 Å². The summed E-state index contributed by atoms with van der Waals surface area (Å²) in [6.07, 6.45) is 6.57. The molecule has 0 heterocycles. The molecule has 0 aliphatic heterocycles. The fraction of sp³-hybridized carbons (Fsp3) is 0.600. The Kier molecular flexibility index (Phi) is 6.77. The molecule has 27 heavy (non-hydrogen) atoms. The van der Waals surface area contributed by atoms with Crippen LogP contribution in [0.2, 0.25) is 0 Å². The second kappa shape index (κ2) is 9.26. The van der Waals surface area contributed by atoms with Crippen molar-refractivity contribution < 1.29 is 14.3 Å². The molecule has 2 saturated carbocycles. The highest BCUT2D eigenvalue weighted by molar-refractivity contribution is 7.80. The number of methoxy groups -OCH3 is 2. The van der Waals surface area contributed by atoms with E-state index < -0.39 is 0 Å². The van der Waals surface area contributed by atoms with Crippen LogP contribution in [0, 0.1) is 17.8 Å². The van der Waals surface area contributed by atoms with E-state index in [-0.39, 0.29) is 5.91 Å². The van der Waals surface area contributed by atoms with Crippen LogP contribution in [0.3, 0.4) is 0 Å². The van der Waals surface area contributed by atoms with Gasteiger partial charge in [0.2, 0.25) is 5.91 Å². The number of rotatable bonds is 7. The number of hydrogen-bond acceptors (Lipinski definition) is 4. The Morgan fingerprint density at radius 3 is 2.63 bits per heavy atom. The van der Waals surface area contributed by atoms with Crippen molar-refractivity contribution in [3.63, 3.8) is 0 Å². The zero-order valence-electron chi connectivity index (χ0n) is 16.0. The monoisotopic (exact) mass is 391 g/mol. The quantitative estimate of drug-likeness (QED) is 0.490. The highest BCUT2D eigenvalue weighted by atomic mass is 32.1. The number of ether oxygens (including phenoxy) is 2. The first-order valence-corrected chi connectivity index (χ1v) is 10.0. The lowest BCUT2D eigenvalue weighted by Crippen LogP contribution is -2.47. The van der Waals surface area contributed by atoms with Gasteiger partial charge >= 0.3 is 0 Å². The van der Waals surface area contributed by atoms with E-state index in [0.717, 1.165) is 23.8 Å². The summed E-state index contributed by atoms with van der Waals surface area (Å²) < 4.78 is 10.6. The molecule has 1 aromatic rings. The minimum Gasteiger partial charge on any atom is -0.493 e. The molecule has 2 bridgehead atoms. The van der Waals surface area contributed by atoms with E-state index in [1.165, 1.54) is 25.7 Å². The van der Waals surface area contributed by atoms with Crippen molar-refractivity contribution in [1.29, 1.82) is 0 Å². The summed E-state index contributed by atoms with van der Waals surface area (Å²) in [5.41, 5.74) is 6.64. The number of amides is 1. The molecule has 0 radical (unpaired) electrons. The fourth-order valence-corrected chi connectivity index (χ4v) is 4.60. The smallest absolute Gasteiger partial charge is 0.238 e. The molecule has 0 spiro atoms. The van der Waals surface area contributed by atoms with Gasteiger partial charge in [0, 0.05) is 13.0 Å². The van der Waals surface area contributed by atoms with Gasteiger partial charge in [0.05, 0.1) is 14.2 Å². The predicted octanol–water partition coefficient (Wildman–Crippen LogP) is 2.57. The van der Waals surface area contributed by atoms with E-state index in [9.17, 15) is 4.79 Å². The van der Waals surface area contributed by atoms with Crippen molar-refractivity contribution in [3.8, 4) is 11.5 Å². The normalized spacial score (nSPS) is 23.0. The number of thiocarbonyl (C=S) groups is 1. The Balaban J connectivity index is 1.33. The molecule has 2 aliphatic rings. The van der Waals surface area contributed by atoms with Gasteiger partial charge in [-0.15, -0.1) is 0 Å². The highest BCUT2D eigenvalue weighted by Gasteiger charge is 2.40. The van der Waals surface area contributed by atoms with Crippen molar-refractivity contribution >= 4 is 23.2 Å². The molecule has 1 amide bonds. The molecule has 0 saturated heterocycles. The van der Waals surface area contributed by atoms with Crippen molar-refractivity contribution in [3.05, 3.63) is 23.8 Å². The number of benzene rings is 1. The van der Waals surface area contributed by atoms with Gasteiger partial charge in [0.15, 0.2) is 16.6 Å². The van der Waals surface area contributed by atoms with Crippen LogP contribution in [0.4, 0.5) is 0 Å². The number of fused-ring (bicyclic) bond motifs is 2. The van der Waals surface area contributed by atoms with E-state index in [1.807, 2.05) is 18.2 Å². The van der Waals surface area contributed by atoms with Crippen LogP contribution in [-0.4, -0.2) is 31.8 Å². The molecule has 3 atom stereocenters. The minimum atomic E-state index is 0.0246. The number of hydrazine groups is 1. The van der Waals surface area contributed by atoms with Crippen molar-refractivity contribution in [2.75, 3.05) is 20.8 Å². The maximum absolute atomic E-state index is 12.1. The van der Waals surface area contributed by atoms with Crippen LogP contribution in [0.5, 0.6) is 11.5 Å². The maximum atomic E-state index is 12.1. The lowest BCUT2D eigenvalue weighted by Gasteiger charge is -2.21. The van der Waals surface area contributed by atoms with Gasteiger partial charge in [-0.05, 0) is 73.4 Å². The largest absolute Gasteiger partial charge is 0.493 e. The average Bonchev–Trinajstić information content (AvgIpc) is 3.29. The lowest BCUT2D eigenvalue weighted by molar-refractivity contribution is -0.122. The molecular formula is C20H29N3O3S. The average molecular weight is 392 g/mol. The summed E-state index contributed by atoms with van der Waals surface area (Å²) in [6, 6.07) is 5.84. The molecule has 0 aromatic heterocycles. The molecule has 2 aliphatic carbocycles. The molecular weight excluding hydrogens is 362 g/mol. The van der Waals surface area contributed by atoms with Crippen molar-refractivity contribution in [1.82, 2.24) is 16.2 Å². The summed E-state index contributed by atoms with van der Waals surface area (Å²) in [5, 5.41) is 3.53. The summed E-state index contributed by atoms with van der Waals surface area (Å²) >= 11 is 5.23. The van der Waals surface area contributed by atoms with Crippen molar-refractivity contribution in [2.45, 2.75) is 38.5 Å². The fourth-order valence-electron chi connectivity index (χ4n) is 4.44. The van der Waals surface area contributed by atoms with E-state index in [2.05, 4.69) is 16.2 Å². The topological polar surface area (TPSA) is 71.6 Å². The molecule has 6 nitrogen and oxygen atoms in total. The molecule has 7 heteroatoms. The summed E-state index contributed by atoms with van der Waals surface area (Å²) in [4.78, 5) is 12.1. The molecule has 1 aromatic carbocycles. The first-order chi connectivity index (χ1) is 13.1. The van der Waals surface area contributed by atoms with E-state index in [1.54, 1.807) is 14.2 Å². The van der Waals surface area contributed by atoms with E-state index in [0.29, 0.717) is 35.5 Å². The van der Waals surface area contributed by atoms with Gasteiger partial charge in [-0.3, -0.25) is 15.6 Å². The molecule has 2 fully saturated rings. The van der Waals surface area contributed by atoms with Crippen LogP contribution < -0.4 is 25.6 Å². The summed E-state index contributed by atoms with van der Waals surface area (Å²) in [6.45, 7) is 0.656. The van der Waals surface area contributed by atoms with Crippen LogP contribution in [0.25, 0.3) is 0 Å². The van der Waals surface area contributed by atoms with Crippen LogP contribution in [-0.2, 0) is 11.2 Å². The second-order valence-corrected chi connectivity index (χ2v) is 7.92. The zero-order valence-corrected chi connectivity index (χ0v) is 16.9. The van der Waals surface area contributed by atoms with Crippen LogP contribution >= 0.6 is 12.2 Å². The SMILES string of the molecule is COc1ccc(CCNC(=S)NNC(=O)C[C@@H]2C[C@H]3CC[C@@H]2C3)cc1OC. The van der Waals surface area contributed by atoms with Gasteiger partial charge in [0.25, 0.3) is 0 Å². The maximum Gasteiger partial charge on any atom is 0.238 e. The lowest BCUT2D eigenvalue weighted by atomic mass is 9.86. The number of carbonyl (C=O) groups is 1. The first kappa shape index (κ1) is 19.7. The van der Waals surface area contributed by atoms with Gasteiger partial charge < -0.3 is 14.8 Å². The minimum absolute atomic E-state index is 0.0246. The Morgan fingerprint density at radius 2 is 1.96 bits per heavy atom. The van der Waals surface area contributed by atoms with Crippen LogP contribution in [0.15, 0.2) is 18.2 Å². The predicted molar refractivity (Wildman–Crippen MR) is 109 cm³/mol. The Morgan fingerprint density at radius 1 is 1.15 bits per heavy atom. The summed E-state index contributed by atoms with van der Waals surface area (Å²) in [5.74, 6) is 3.62. The summed E-state index contributed by atoms with van der Waals surface area (Å²) in [7, 11) is 3.24. The van der Waals surface area contributed by atoms with Gasteiger partial charge in [0.1, 0.15) is 0 Å². The zero-order chi connectivity index (χ0) is 19.2. The molecule has 3 N–H and O–H groups in total. The number of hydrogen-bond donors (Lipinski definition) is 3. The van der Waals surface area contributed by atoms with Gasteiger partial charge in [-0.2, -0.15) is 0 Å². The molecule has 148 valence electrons. The number of nitrogens with one attached hydrogen (secondary N) is 3. The Labute approximate surface area is 166 Å². The molecule has 0 unspecified atom stereocenters. The highest BCUT2D eigenvalue weighted by Crippen LogP contribution is 2.49. The second-order valence-electron chi connectivity index (χ2n) is 7.51. The van der Waals surface area contributed by atoms with Crippen molar-refractivity contribution in [2.24, 2.45) is 17.8 Å². The third-order valence-electron chi connectivity index (χ3n) is 5.79. The van der Waals surface area contributed by atoms with Gasteiger partial charge in [-0.25, -0.2) is 0 Å². The van der Waals surface area contributed by atoms with Gasteiger partial charge in [-0.1, -0.05) is 12.5 Å². The number of carbonyl (C=O) groups excluding carboxylic acids is 1. The first-order valence-electron chi connectivity index (χ1n) is 9.62. The Hall–Kier alpha value is -2.02. The molecule has 3 rings (SSSR count). The third-order valence-corrected chi connectivity index (χ3v) is 6.04. The third kappa shape index (κ3) is 5.25.